The quantitative estimate of drug-likeness (QED) is 0.927. The van der Waals surface area contributed by atoms with Crippen LogP contribution < -0.4 is 4.74 Å². The number of likely N-dealkylation sites (tertiary alicyclic amines) is 1. The molecule has 1 amide bonds. The molecule has 1 aliphatic heterocycles. The molecule has 108 valence electrons. The third-order valence-electron chi connectivity index (χ3n) is 3.23. The second-order valence-corrected chi connectivity index (χ2v) is 5.11. The van der Waals surface area contributed by atoms with Crippen LogP contribution in [-0.4, -0.2) is 41.6 Å². The average molecular weight is 298 g/mol. The van der Waals surface area contributed by atoms with Gasteiger partial charge in [-0.25, -0.2) is 4.79 Å². The number of piperidine rings is 1. The van der Waals surface area contributed by atoms with E-state index in [1.165, 1.54) is 18.2 Å². The highest BCUT2D eigenvalue weighted by Gasteiger charge is 2.18. The number of nitrogens with zero attached hydrogens (tertiary/aromatic N) is 1. The number of hydrogen-bond acceptors (Lipinski definition) is 3. The minimum absolute atomic E-state index is 0.000782. The van der Waals surface area contributed by atoms with Crippen molar-refractivity contribution < 1.29 is 19.4 Å². The van der Waals surface area contributed by atoms with Crippen LogP contribution in [0.2, 0.25) is 5.02 Å². The van der Waals surface area contributed by atoms with Crippen molar-refractivity contribution in [3.63, 3.8) is 0 Å². The molecule has 0 aliphatic carbocycles. The number of carbonyl (C=O) groups excluding carboxylic acids is 1. The van der Waals surface area contributed by atoms with Crippen molar-refractivity contribution in [3.8, 4) is 5.75 Å². The molecule has 6 heteroatoms. The number of benzene rings is 1. The Morgan fingerprint density at radius 3 is 2.60 bits per heavy atom. The lowest BCUT2D eigenvalue weighted by Crippen LogP contribution is -2.38. The van der Waals surface area contributed by atoms with E-state index in [0.29, 0.717) is 5.02 Å². The minimum atomic E-state index is -1.11. The van der Waals surface area contributed by atoms with E-state index in [9.17, 15) is 9.59 Å². The molecule has 2 rings (SSSR count). The van der Waals surface area contributed by atoms with E-state index < -0.39 is 5.97 Å². The number of rotatable bonds is 4. The highest BCUT2D eigenvalue weighted by atomic mass is 35.5. The van der Waals surface area contributed by atoms with Crippen LogP contribution in [0.15, 0.2) is 18.2 Å². The molecular formula is C14H16ClNO4. The van der Waals surface area contributed by atoms with Gasteiger partial charge in [0.1, 0.15) is 11.3 Å². The Bertz CT molecular complexity index is 512. The predicted molar refractivity (Wildman–Crippen MR) is 74.3 cm³/mol. The van der Waals surface area contributed by atoms with E-state index in [-0.39, 0.29) is 23.8 Å². The van der Waals surface area contributed by atoms with Crippen LogP contribution in [-0.2, 0) is 4.79 Å². The summed E-state index contributed by atoms with van der Waals surface area (Å²) in [6.07, 6.45) is 3.15. The number of ether oxygens (including phenoxy) is 1. The largest absolute Gasteiger partial charge is 0.483 e. The van der Waals surface area contributed by atoms with Gasteiger partial charge in [0.25, 0.3) is 5.91 Å². The van der Waals surface area contributed by atoms with Crippen molar-refractivity contribution in [2.75, 3.05) is 19.7 Å². The van der Waals surface area contributed by atoms with Gasteiger partial charge in [0.2, 0.25) is 0 Å². The average Bonchev–Trinajstić information content (AvgIpc) is 2.45. The molecule has 1 aromatic rings. The summed E-state index contributed by atoms with van der Waals surface area (Å²) in [6.45, 7) is 1.31. The Labute approximate surface area is 122 Å². The van der Waals surface area contributed by atoms with Gasteiger partial charge in [-0.05, 0) is 37.5 Å². The second kappa shape index (κ2) is 6.61. The summed E-state index contributed by atoms with van der Waals surface area (Å²) in [4.78, 5) is 24.8. The minimum Gasteiger partial charge on any atom is -0.483 e. The van der Waals surface area contributed by atoms with E-state index in [0.717, 1.165) is 32.4 Å². The Morgan fingerprint density at radius 2 is 1.95 bits per heavy atom. The van der Waals surface area contributed by atoms with Gasteiger partial charge in [0.05, 0.1) is 0 Å². The summed E-state index contributed by atoms with van der Waals surface area (Å²) in [6, 6.07) is 4.25. The number of aromatic carboxylic acids is 1. The van der Waals surface area contributed by atoms with Gasteiger partial charge in [0.15, 0.2) is 6.61 Å². The molecule has 1 N–H and O–H groups in total. The first-order valence-electron chi connectivity index (χ1n) is 6.51. The molecule has 1 fully saturated rings. The highest BCUT2D eigenvalue weighted by molar-refractivity contribution is 6.30. The lowest BCUT2D eigenvalue weighted by molar-refractivity contribution is -0.134. The highest BCUT2D eigenvalue weighted by Crippen LogP contribution is 2.23. The van der Waals surface area contributed by atoms with Gasteiger partial charge in [0, 0.05) is 18.1 Å². The maximum absolute atomic E-state index is 12.0. The summed E-state index contributed by atoms with van der Waals surface area (Å²) in [5.41, 5.74) is 0.000782. The SMILES string of the molecule is O=C(O)c1ccc(Cl)cc1OCC(=O)N1CCCCC1. The van der Waals surface area contributed by atoms with Crippen molar-refractivity contribution in [3.05, 3.63) is 28.8 Å². The predicted octanol–water partition coefficient (Wildman–Crippen LogP) is 2.43. The van der Waals surface area contributed by atoms with E-state index in [2.05, 4.69) is 0 Å². The molecule has 0 saturated carbocycles. The van der Waals surface area contributed by atoms with Gasteiger partial charge in [-0.2, -0.15) is 0 Å². The number of amides is 1. The zero-order valence-electron chi connectivity index (χ0n) is 11.0. The number of halogens is 1. The topological polar surface area (TPSA) is 66.8 Å². The summed E-state index contributed by atoms with van der Waals surface area (Å²) in [5, 5.41) is 9.42. The molecule has 5 nitrogen and oxygen atoms in total. The smallest absolute Gasteiger partial charge is 0.339 e. The molecule has 0 radical (unpaired) electrons. The molecular weight excluding hydrogens is 282 g/mol. The number of carboxylic acids is 1. The van der Waals surface area contributed by atoms with Crippen molar-refractivity contribution in [2.45, 2.75) is 19.3 Å². The first-order valence-corrected chi connectivity index (χ1v) is 6.89. The van der Waals surface area contributed by atoms with Crippen LogP contribution in [0.25, 0.3) is 0 Å². The van der Waals surface area contributed by atoms with Crippen LogP contribution >= 0.6 is 11.6 Å². The summed E-state index contributed by atoms with van der Waals surface area (Å²) >= 11 is 5.82. The van der Waals surface area contributed by atoms with Crippen LogP contribution in [0.5, 0.6) is 5.75 Å². The summed E-state index contributed by atoms with van der Waals surface area (Å²) < 4.78 is 5.34. The standard InChI is InChI=1S/C14H16ClNO4/c15-10-4-5-11(14(18)19)12(8-10)20-9-13(17)16-6-2-1-3-7-16/h4-5,8H,1-3,6-7,9H2,(H,18,19). The Kier molecular flexibility index (Phi) is 4.84. The van der Waals surface area contributed by atoms with E-state index in [1.807, 2.05) is 0 Å². The summed E-state index contributed by atoms with van der Waals surface area (Å²) in [5.74, 6) is -1.11. The monoisotopic (exact) mass is 297 g/mol. The van der Waals surface area contributed by atoms with Gasteiger partial charge >= 0.3 is 5.97 Å². The zero-order valence-corrected chi connectivity index (χ0v) is 11.7. The first kappa shape index (κ1) is 14.7. The summed E-state index contributed by atoms with van der Waals surface area (Å²) in [7, 11) is 0. The fourth-order valence-corrected chi connectivity index (χ4v) is 2.33. The van der Waals surface area contributed by atoms with Crippen molar-refractivity contribution in [1.29, 1.82) is 0 Å². The van der Waals surface area contributed by atoms with Crippen molar-refractivity contribution >= 4 is 23.5 Å². The third-order valence-corrected chi connectivity index (χ3v) is 3.47. The molecule has 0 atom stereocenters. The van der Waals surface area contributed by atoms with Crippen LogP contribution in [0.3, 0.4) is 0 Å². The van der Waals surface area contributed by atoms with Gasteiger partial charge < -0.3 is 14.7 Å². The van der Waals surface area contributed by atoms with Crippen LogP contribution in [0.4, 0.5) is 0 Å². The van der Waals surface area contributed by atoms with Crippen LogP contribution in [0.1, 0.15) is 29.6 Å². The maximum Gasteiger partial charge on any atom is 0.339 e. The Balaban J connectivity index is 2.01. The maximum atomic E-state index is 12.0. The Hall–Kier alpha value is -1.75. The molecule has 0 spiro atoms. The zero-order chi connectivity index (χ0) is 14.5. The fraction of sp³-hybridized carbons (Fsp3) is 0.429. The first-order chi connectivity index (χ1) is 9.58. The molecule has 1 aromatic carbocycles. The molecule has 20 heavy (non-hydrogen) atoms. The Morgan fingerprint density at radius 1 is 1.25 bits per heavy atom. The lowest BCUT2D eigenvalue weighted by atomic mass is 10.1. The molecule has 1 heterocycles. The number of carboxylic acid groups (broad SMARTS) is 1. The van der Waals surface area contributed by atoms with Crippen molar-refractivity contribution in [1.82, 2.24) is 4.90 Å². The van der Waals surface area contributed by atoms with E-state index >= 15 is 0 Å². The van der Waals surface area contributed by atoms with E-state index in [4.69, 9.17) is 21.4 Å². The second-order valence-electron chi connectivity index (χ2n) is 4.68. The molecule has 0 bridgehead atoms. The molecule has 1 saturated heterocycles. The van der Waals surface area contributed by atoms with Crippen molar-refractivity contribution in [2.24, 2.45) is 0 Å². The lowest BCUT2D eigenvalue weighted by Gasteiger charge is -2.26. The number of carbonyl (C=O) groups is 2. The van der Waals surface area contributed by atoms with Crippen LogP contribution in [0, 0.1) is 0 Å². The van der Waals surface area contributed by atoms with Gasteiger partial charge in [-0.15, -0.1) is 0 Å². The molecule has 1 aliphatic rings. The van der Waals surface area contributed by atoms with Gasteiger partial charge in [-0.3, -0.25) is 4.79 Å². The molecule has 0 unspecified atom stereocenters. The number of hydrogen-bond donors (Lipinski definition) is 1. The van der Waals surface area contributed by atoms with Gasteiger partial charge in [-0.1, -0.05) is 11.6 Å². The normalized spacial score (nSPS) is 14.9. The fourth-order valence-electron chi connectivity index (χ4n) is 2.17. The third kappa shape index (κ3) is 3.63. The molecule has 0 aromatic heterocycles. The van der Waals surface area contributed by atoms with E-state index in [1.54, 1.807) is 4.90 Å².